The molecule has 1 spiro atoms. The van der Waals surface area contributed by atoms with Crippen LogP contribution in [0, 0.1) is 11.8 Å². The molecule has 1 aromatic carbocycles. The molecule has 0 amide bonds. The molecule has 1 N–H and O–H groups in total. The molecule has 2 aliphatic rings. The van der Waals surface area contributed by atoms with E-state index >= 15 is 0 Å². The van der Waals surface area contributed by atoms with Gasteiger partial charge in [-0.05, 0) is 30.7 Å². The molecule has 17 heavy (non-hydrogen) atoms. The first kappa shape index (κ1) is 11.1. The van der Waals surface area contributed by atoms with Crippen molar-refractivity contribution in [1.29, 1.82) is 0 Å². The van der Waals surface area contributed by atoms with Crippen LogP contribution in [0.25, 0.3) is 0 Å². The van der Waals surface area contributed by atoms with E-state index in [1.54, 1.807) is 0 Å². The van der Waals surface area contributed by atoms with Gasteiger partial charge in [-0.1, -0.05) is 32.0 Å². The Morgan fingerprint density at radius 1 is 1.24 bits per heavy atom. The van der Waals surface area contributed by atoms with Crippen molar-refractivity contribution in [1.82, 2.24) is 0 Å². The van der Waals surface area contributed by atoms with Gasteiger partial charge in [0.15, 0.2) is 0 Å². The number of para-hydroxylation sites is 1. The summed E-state index contributed by atoms with van der Waals surface area (Å²) in [6.45, 7) is 4.54. The van der Waals surface area contributed by atoms with Crippen LogP contribution in [-0.4, -0.2) is 10.7 Å². The standard InChI is InChI=1S/C15H20O2/c1-10(2)11-7-15(8-11)9-13(16)12-5-3-4-6-14(12)17-15/h3-6,10-11,13,16H,7-9H2,1-2H3/t11?,13-,15?/m1/s1. The molecule has 0 bridgehead atoms. The molecule has 2 nitrogen and oxygen atoms in total. The van der Waals surface area contributed by atoms with E-state index in [1.807, 2.05) is 24.3 Å². The van der Waals surface area contributed by atoms with Crippen LogP contribution in [0.2, 0.25) is 0 Å². The Hall–Kier alpha value is -1.02. The molecule has 1 fully saturated rings. The van der Waals surface area contributed by atoms with E-state index in [-0.39, 0.29) is 11.7 Å². The van der Waals surface area contributed by atoms with Crippen LogP contribution in [0.5, 0.6) is 5.75 Å². The second kappa shape index (κ2) is 3.74. The van der Waals surface area contributed by atoms with E-state index in [9.17, 15) is 5.11 Å². The smallest absolute Gasteiger partial charge is 0.125 e. The van der Waals surface area contributed by atoms with E-state index < -0.39 is 0 Å². The number of hydrogen-bond donors (Lipinski definition) is 1. The van der Waals surface area contributed by atoms with Crippen molar-refractivity contribution in [2.24, 2.45) is 11.8 Å². The molecular weight excluding hydrogens is 212 g/mol. The van der Waals surface area contributed by atoms with Gasteiger partial charge in [0.05, 0.1) is 6.10 Å². The Labute approximate surface area is 103 Å². The average molecular weight is 232 g/mol. The average Bonchev–Trinajstić information content (AvgIpc) is 2.25. The number of rotatable bonds is 1. The summed E-state index contributed by atoms with van der Waals surface area (Å²) in [5.74, 6) is 2.36. The molecule has 1 heterocycles. The highest BCUT2D eigenvalue weighted by molar-refractivity contribution is 5.38. The molecule has 1 aliphatic carbocycles. The first-order chi connectivity index (χ1) is 8.10. The third-order valence-corrected chi connectivity index (χ3v) is 4.38. The van der Waals surface area contributed by atoms with Gasteiger partial charge < -0.3 is 9.84 Å². The Kier molecular flexibility index (Phi) is 2.44. The molecule has 1 aromatic rings. The van der Waals surface area contributed by atoms with Gasteiger partial charge in [-0.2, -0.15) is 0 Å². The molecule has 0 aromatic heterocycles. The SMILES string of the molecule is CC(C)C1CC2(C1)C[C@@H](O)c1ccccc1O2. The first-order valence-corrected chi connectivity index (χ1v) is 6.56. The number of benzene rings is 1. The summed E-state index contributed by atoms with van der Waals surface area (Å²) < 4.78 is 6.15. The molecule has 0 unspecified atom stereocenters. The summed E-state index contributed by atoms with van der Waals surface area (Å²) in [5, 5.41) is 10.2. The molecule has 2 heteroatoms. The molecular formula is C15H20O2. The highest BCUT2D eigenvalue weighted by Crippen LogP contribution is 2.53. The highest BCUT2D eigenvalue weighted by atomic mass is 16.5. The Bertz CT molecular complexity index is 419. The van der Waals surface area contributed by atoms with Crippen LogP contribution >= 0.6 is 0 Å². The highest BCUT2D eigenvalue weighted by Gasteiger charge is 2.50. The van der Waals surface area contributed by atoms with Crippen LogP contribution in [0.4, 0.5) is 0 Å². The molecule has 1 atom stereocenters. The lowest BCUT2D eigenvalue weighted by atomic mass is 9.63. The summed E-state index contributed by atoms with van der Waals surface area (Å²) in [5.41, 5.74) is 0.869. The van der Waals surface area contributed by atoms with Gasteiger partial charge in [-0.25, -0.2) is 0 Å². The maximum absolute atomic E-state index is 10.2. The minimum atomic E-state index is -0.354. The van der Waals surface area contributed by atoms with Gasteiger partial charge >= 0.3 is 0 Å². The van der Waals surface area contributed by atoms with Gasteiger partial charge in [0.25, 0.3) is 0 Å². The van der Waals surface area contributed by atoms with Crippen LogP contribution < -0.4 is 4.74 Å². The third-order valence-electron chi connectivity index (χ3n) is 4.38. The second-order valence-electron chi connectivity index (χ2n) is 5.96. The Morgan fingerprint density at radius 2 is 1.94 bits per heavy atom. The lowest BCUT2D eigenvalue weighted by molar-refractivity contribution is -0.108. The fourth-order valence-corrected chi connectivity index (χ4v) is 3.20. The number of hydrogen-bond acceptors (Lipinski definition) is 2. The van der Waals surface area contributed by atoms with Gasteiger partial charge in [0.1, 0.15) is 11.4 Å². The zero-order valence-electron chi connectivity index (χ0n) is 10.5. The minimum Gasteiger partial charge on any atom is -0.487 e. The van der Waals surface area contributed by atoms with Crippen LogP contribution in [0.15, 0.2) is 24.3 Å². The number of fused-ring (bicyclic) bond motifs is 1. The van der Waals surface area contributed by atoms with E-state index in [4.69, 9.17) is 4.74 Å². The Morgan fingerprint density at radius 3 is 2.65 bits per heavy atom. The van der Waals surface area contributed by atoms with Crippen molar-refractivity contribution in [3.63, 3.8) is 0 Å². The van der Waals surface area contributed by atoms with Gasteiger partial charge in [-0.15, -0.1) is 0 Å². The van der Waals surface area contributed by atoms with Crippen LogP contribution in [-0.2, 0) is 0 Å². The maximum Gasteiger partial charge on any atom is 0.125 e. The summed E-state index contributed by atoms with van der Waals surface area (Å²) in [6.07, 6.45) is 2.59. The van der Waals surface area contributed by atoms with Crippen molar-refractivity contribution in [2.45, 2.75) is 44.8 Å². The Balaban J connectivity index is 1.81. The molecule has 3 rings (SSSR count). The zero-order chi connectivity index (χ0) is 12.0. The van der Waals surface area contributed by atoms with Crippen LogP contribution in [0.3, 0.4) is 0 Å². The molecule has 1 saturated carbocycles. The quantitative estimate of drug-likeness (QED) is 0.805. The van der Waals surface area contributed by atoms with E-state index in [2.05, 4.69) is 13.8 Å². The fourth-order valence-electron chi connectivity index (χ4n) is 3.20. The minimum absolute atomic E-state index is 0.0806. The normalized spacial score (nSPS) is 35.3. The first-order valence-electron chi connectivity index (χ1n) is 6.56. The predicted octanol–water partition coefficient (Wildman–Crippen LogP) is 3.31. The topological polar surface area (TPSA) is 29.5 Å². The monoisotopic (exact) mass is 232 g/mol. The third kappa shape index (κ3) is 1.75. The summed E-state index contributed by atoms with van der Waals surface area (Å²) >= 11 is 0. The van der Waals surface area contributed by atoms with Crippen molar-refractivity contribution >= 4 is 0 Å². The molecule has 0 saturated heterocycles. The predicted molar refractivity (Wildman–Crippen MR) is 66.9 cm³/mol. The lowest BCUT2D eigenvalue weighted by Gasteiger charge is -2.52. The van der Waals surface area contributed by atoms with Crippen LogP contribution in [0.1, 0.15) is 44.8 Å². The van der Waals surface area contributed by atoms with Gasteiger partial charge in [-0.3, -0.25) is 0 Å². The summed E-state index contributed by atoms with van der Waals surface area (Å²) in [6, 6.07) is 7.87. The lowest BCUT2D eigenvalue weighted by Crippen LogP contribution is -2.53. The molecule has 0 radical (unpaired) electrons. The van der Waals surface area contributed by atoms with Crippen molar-refractivity contribution in [3.05, 3.63) is 29.8 Å². The number of ether oxygens (including phenoxy) is 1. The zero-order valence-corrected chi connectivity index (χ0v) is 10.5. The maximum atomic E-state index is 10.2. The van der Waals surface area contributed by atoms with Crippen molar-refractivity contribution in [2.75, 3.05) is 0 Å². The fraction of sp³-hybridized carbons (Fsp3) is 0.600. The number of aliphatic hydroxyl groups is 1. The largest absolute Gasteiger partial charge is 0.487 e. The van der Waals surface area contributed by atoms with E-state index in [0.29, 0.717) is 0 Å². The second-order valence-corrected chi connectivity index (χ2v) is 5.96. The van der Waals surface area contributed by atoms with Gasteiger partial charge in [0.2, 0.25) is 0 Å². The summed E-state index contributed by atoms with van der Waals surface area (Å²) in [7, 11) is 0. The number of aliphatic hydroxyl groups excluding tert-OH is 1. The van der Waals surface area contributed by atoms with Crippen molar-refractivity contribution in [3.8, 4) is 5.75 Å². The molecule has 92 valence electrons. The summed E-state index contributed by atoms with van der Waals surface area (Å²) in [4.78, 5) is 0. The van der Waals surface area contributed by atoms with E-state index in [0.717, 1.165) is 42.4 Å². The van der Waals surface area contributed by atoms with E-state index in [1.165, 1.54) is 0 Å². The molecule has 1 aliphatic heterocycles. The van der Waals surface area contributed by atoms with Gasteiger partial charge in [0, 0.05) is 12.0 Å². The van der Waals surface area contributed by atoms with Crippen molar-refractivity contribution < 1.29 is 9.84 Å².